The molecule has 0 aliphatic heterocycles. The van der Waals surface area contributed by atoms with E-state index in [1.807, 2.05) is 18.2 Å². The van der Waals surface area contributed by atoms with Crippen LogP contribution in [0.3, 0.4) is 0 Å². The Hall–Kier alpha value is -2.27. The maximum atomic E-state index is 5.43. The van der Waals surface area contributed by atoms with Gasteiger partial charge in [-0.05, 0) is 56.2 Å². The second-order valence-electron chi connectivity index (χ2n) is 5.75. The molecule has 0 aliphatic carbocycles. The topological polar surface area (TPSA) is 42.5 Å². The van der Waals surface area contributed by atoms with Gasteiger partial charge in [-0.1, -0.05) is 23.8 Å². The summed E-state index contributed by atoms with van der Waals surface area (Å²) in [7, 11) is 3.23. The maximum Gasteiger partial charge on any atom is 0.171 e. The number of ether oxygens (including phenoxy) is 2. The summed E-state index contributed by atoms with van der Waals surface area (Å²) in [6.07, 6.45) is 0. The highest BCUT2D eigenvalue weighted by atomic mass is 32.1. The van der Waals surface area contributed by atoms with Crippen molar-refractivity contribution in [1.82, 2.24) is 5.32 Å². The number of nitrogens with one attached hydrogen (secondary N) is 2. The number of thiocarbonyl (C=S) groups is 1. The van der Waals surface area contributed by atoms with E-state index in [1.54, 1.807) is 14.2 Å². The fraction of sp³-hybridized carbons (Fsp3) is 0.316. The van der Waals surface area contributed by atoms with Crippen molar-refractivity contribution in [2.75, 3.05) is 19.5 Å². The molecule has 2 rings (SSSR count). The second-order valence-corrected chi connectivity index (χ2v) is 6.16. The number of aryl methyl sites for hydroxylation is 2. The molecule has 0 saturated carbocycles. The molecule has 0 radical (unpaired) electrons. The third kappa shape index (κ3) is 4.38. The van der Waals surface area contributed by atoms with Crippen LogP contribution in [0.4, 0.5) is 5.69 Å². The quantitative estimate of drug-likeness (QED) is 0.789. The van der Waals surface area contributed by atoms with Crippen LogP contribution in [0.1, 0.15) is 29.7 Å². The minimum atomic E-state index is 0.116. The molecule has 0 saturated heterocycles. The van der Waals surface area contributed by atoms with Gasteiger partial charge in [0.15, 0.2) is 16.6 Å². The number of anilines is 1. The third-order valence-electron chi connectivity index (χ3n) is 3.88. The second kappa shape index (κ2) is 8.02. The summed E-state index contributed by atoms with van der Waals surface area (Å²) in [5, 5.41) is 7.07. The van der Waals surface area contributed by atoms with E-state index >= 15 is 0 Å². The Bertz CT molecular complexity index is 731. The molecule has 0 fully saturated rings. The fourth-order valence-corrected chi connectivity index (χ4v) is 2.96. The zero-order valence-corrected chi connectivity index (χ0v) is 15.6. The van der Waals surface area contributed by atoms with Gasteiger partial charge in [0.2, 0.25) is 0 Å². The fourth-order valence-electron chi connectivity index (χ4n) is 2.67. The van der Waals surface area contributed by atoms with Gasteiger partial charge < -0.3 is 20.1 Å². The Kier molecular flexibility index (Phi) is 6.04. The number of hydrogen-bond donors (Lipinski definition) is 2. The Morgan fingerprint density at radius 1 is 1.00 bits per heavy atom. The lowest BCUT2D eigenvalue weighted by Crippen LogP contribution is -2.31. The van der Waals surface area contributed by atoms with Crippen LogP contribution < -0.4 is 20.1 Å². The van der Waals surface area contributed by atoms with E-state index in [4.69, 9.17) is 21.7 Å². The Labute approximate surface area is 149 Å². The van der Waals surface area contributed by atoms with Crippen LogP contribution in [-0.4, -0.2) is 19.3 Å². The summed E-state index contributed by atoms with van der Waals surface area (Å²) in [4.78, 5) is 0. The molecule has 0 spiro atoms. The lowest BCUT2D eigenvalue weighted by atomic mass is 10.0. The molecule has 0 amide bonds. The molecule has 24 heavy (non-hydrogen) atoms. The van der Waals surface area contributed by atoms with E-state index in [1.165, 1.54) is 16.7 Å². The van der Waals surface area contributed by atoms with Crippen LogP contribution >= 0.6 is 12.2 Å². The number of rotatable bonds is 5. The average molecular weight is 344 g/mol. The van der Waals surface area contributed by atoms with Crippen molar-refractivity contribution in [3.63, 3.8) is 0 Å². The van der Waals surface area contributed by atoms with Crippen LogP contribution in [-0.2, 0) is 0 Å². The van der Waals surface area contributed by atoms with Crippen molar-refractivity contribution in [2.45, 2.75) is 26.8 Å². The lowest BCUT2D eigenvalue weighted by molar-refractivity contribution is 0.355. The molecule has 5 heteroatoms. The molecule has 4 nitrogen and oxygen atoms in total. The Morgan fingerprint density at radius 3 is 2.33 bits per heavy atom. The van der Waals surface area contributed by atoms with Crippen LogP contribution in [0, 0.1) is 13.8 Å². The SMILES string of the molecule is COc1ccc(NC(=S)NC(C)c2ccc(C)cc2C)cc1OC. The van der Waals surface area contributed by atoms with Gasteiger partial charge in [-0.25, -0.2) is 0 Å². The van der Waals surface area contributed by atoms with E-state index in [0.29, 0.717) is 16.6 Å². The molecule has 0 heterocycles. The van der Waals surface area contributed by atoms with E-state index in [-0.39, 0.29) is 6.04 Å². The van der Waals surface area contributed by atoms with Gasteiger partial charge in [0, 0.05) is 11.8 Å². The molecule has 0 aliphatic rings. The van der Waals surface area contributed by atoms with Gasteiger partial charge in [0.05, 0.1) is 20.3 Å². The third-order valence-corrected chi connectivity index (χ3v) is 4.10. The van der Waals surface area contributed by atoms with E-state index < -0.39 is 0 Å². The molecule has 1 atom stereocenters. The highest BCUT2D eigenvalue weighted by Crippen LogP contribution is 2.29. The summed E-state index contributed by atoms with van der Waals surface area (Å²) in [5.41, 5.74) is 4.59. The van der Waals surface area contributed by atoms with Crippen molar-refractivity contribution in [3.05, 3.63) is 53.1 Å². The van der Waals surface area contributed by atoms with Crippen molar-refractivity contribution in [2.24, 2.45) is 0 Å². The summed E-state index contributed by atoms with van der Waals surface area (Å²) in [6.45, 7) is 6.31. The normalized spacial score (nSPS) is 11.5. The number of hydrogen-bond acceptors (Lipinski definition) is 3. The van der Waals surface area contributed by atoms with Crippen LogP contribution in [0.2, 0.25) is 0 Å². The van der Waals surface area contributed by atoms with Gasteiger partial charge in [-0.2, -0.15) is 0 Å². The van der Waals surface area contributed by atoms with E-state index in [9.17, 15) is 0 Å². The molecular formula is C19H24N2O2S. The highest BCUT2D eigenvalue weighted by molar-refractivity contribution is 7.80. The van der Waals surface area contributed by atoms with Crippen molar-refractivity contribution >= 4 is 23.0 Å². The first kappa shape index (κ1) is 18.1. The molecule has 0 bridgehead atoms. The molecular weight excluding hydrogens is 320 g/mol. The first-order valence-electron chi connectivity index (χ1n) is 7.81. The Balaban J connectivity index is 2.05. The standard InChI is InChI=1S/C19H24N2O2S/c1-12-6-8-16(13(2)10-12)14(3)20-19(24)21-15-7-9-17(22-4)18(11-15)23-5/h6-11,14H,1-5H3,(H2,20,21,24). The summed E-state index contributed by atoms with van der Waals surface area (Å²) < 4.78 is 10.5. The molecule has 128 valence electrons. The molecule has 2 aromatic carbocycles. The zero-order chi connectivity index (χ0) is 17.7. The summed E-state index contributed by atoms with van der Waals surface area (Å²) in [6, 6.07) is 12.2. The number of benzene rings is 2. The predicted octanol–water partition coefficient (Wildman–Crippen LogP) is 4.37. The van der Waals surface area contributed by atoms with Crippen molar-refractivity contribution in [1.29, 1.82) is 0 Å². The predicted molar refractivity (Wildman–Crippen MR) is 103 cm³/mol. The average Bonchev–Trinajstić information content (AvgIpc) is 2.54. The summed E-state index contributed by atoms with van der Waals surface area (Å²) >= 11 is 5.43. The van der Waals surface area contributed by atoms with Crippen LogP contribution in [0.15, 0.2) is 36.4 Å². The largest absolute Gasteiger partial charge is 0.493 e. The minimum absolute atomic E-state index is 0.116. The van der Waals surface area contributed by atoms with E-state index in [2.05, 4.69) is 49.6 Å². The highest BCUT2D eigenvalue weighted by Gasteiger charge is 2.11. The first-order valence-corrected chi connectivity index (χ1v) is 8.22. The van der Waals surface area contributed by atoms with Gasteiger partial charge in [0.25, 0.3) is 0 Å². The van der Waals surface area contributed by atoms with Crippen molar-refractivity contribution < 1.29 is 9.47 Å². The zero-order valence-electron chi connectivity index (χ0n) is 14.8. The molecule has 2 N–H and O–H groups in total. The van der Waals surface area contributed by atoms with Gasteiger partial charge in [0.1, 0.15) is 0 Å². The van der Waals surface area contributed by atoms with E-state index in [0.717, 1.165) is 5.69 Å². The summed E-state index contributed by atoms with van der Waals surface area (Å²) in [5.74, 6) is 1.35. The van der Waals surface area contributed by atoms with Crippen LogP contribution in [0.5, 0.6) is 11.5 Å². The molecule has 2 aromatic rings. The smallest absolute Gasteiger partial charge is 0.171 e. The van der Waals surface area contributed by atoms with Gasteiger partial charge in [-0.3, -0.25) is 0 Å². The first-order chi connectivity index (χ1) is 11.4. The minimum Gasteiger partial charge on any atom is -0.493 e. The van der Waals surface area contributed by atoms with Crippen LogP contribution in [0.25, 0.3) is 0 Å². The lowest BCUT2D eigenvalue weighted by Gasteiger charge is -2.20. The van der Waals surface area contributed by atoms with Gasteiger partial charge in [-0.15, -0.1) is 0 Å². The van der Waals surface area contributed by atoms with Gasteiger partial charge >= 0.3 is 0 Å². The molecule has 0 aromatic heterocycles. The maximum absolute atomic E-state index is 5.43. The van der Waals surface area contributed by atoms with Crippen molar-refractivity contribution in [3.8, 4) is 11.5 Å². The number of methoxy groups -OCH3 is 2. The molecule has 1 unspecified atom stereocenters. The Morgan fingerprint density at radius 2 is 1.71 bits per heavy atom. The monoisotopic (exact) mass is 344 g/mol.